The normalized spacial score (nSPS) is 14.6. The second kappa shape index (κ2) is 6.66. The molecule has 1 aliphatic rings. The van der Waals surface area contributed by atoms with Crippen molar-refractivity contribution in [3.05, 3.63) is 38.8 Å². The number of hydrogen-bond donors (Lipinski definition) is 1. The molecule has 1 aliphatic carbocycles. The van der Waals surface area contributed by atoms with Crippen LogP contribution in [0.2, 0.25) is 10.0 Å². The molecular formula is C16H18Cl2N2S. The second-order valence-electron chi connectivity index (χ2n) is 5.44. The highest BCUT2D eigenvalue weighted by Crippen LogP contribution is 2.44. The first-order valence-electron chi connectivity index (χ1n) is 7.34. The lowest BCUT2D eigenvalue weighted by molar-refractivity contribution is 0.676. The van der Waals surface area contributed by atoms with Crippen LogP contribution in [0.4, 0.5) is 0 Å². The first kappa shape index (κ1) is 15.3. The van der Waals surface area contributed by atoms with Crippen LogP contribution in [-0.2, 0) is 6.54 Å². The Labute approximate surface area is 139 Å². The van der Waals surface area contributed by atoms with Crippen LogP contribution in [-0.4, -0.2) is 11.5 Å². The van der Waals surface area contributed by atoms with Crippen molar-refractivity contribution in [2.45, 2.75) is 38.6 Å². The lowest BCUT2D eigenvalue weighted by Crippen LogP contribution is -2.13. The van der Waals surface area contributed by atoms with Crippen molar-refractivity contribution in [1.82, 2.24) is 10.3 Å². The summed E-state index contributed by atoms with van der Waals surface area (Å²) >= 11 is 14.0. The summed E-state index contributed by atoms with van der Waals surface area (Å²) in [7, 11) is 0. The molecule has 0 unspecified atom stereocenters. The van der Waals surface area contributed by atoms with Crippen molar-refractivity contribution in [1.29, 1.82) is 0 Å². The summed E-state index contributed by atoms with van der Waals surface area (Å²) in [4.78, 5) is 6.22. The number of nitrogens with one attached hydrogen (secondary N) is 1. The molecule has 21 heavy (non-hydrogen) atoms. The van der Waals surface area contributed by atoms with Crippen molar-refractivity contribution in [3.63, 3.8) is 0 Å². The van der Waals surface area contributed by atoms with E-state index in [1.807, 2.05) is 12.1 Å². The summed E-state index contributed by atoms with van der Waals surface area (Å²) in [6, 6.07) is 5.63. The zero-order chi connectivity index (χ0) is 14.8. The standard InChI is InChI=1S/C16H18Cl2N2S/c1-2-5-19-9-14-15(10-3-4-10)20-16(21-14)11-6-12(17)8-13(18)7-11/h6-8,10,19H,2-5,9H2,1H3. The van der Waals surface area contributed by atoms with Gasteiger partial charge in [0.15, 0.2) is 0 Å². The Bertz CT molecular complexity index is 615. The molecule has 0 bridgehead atoms. The Kier molecular flexibility index (Phi) is 4.85. The molecule has 0 radical (unpaired) electrons. The first-order valence-corrected chi connectivity index (χ1v) is 8.91. The van der Waals surface area contributed by atoms with Gasteiger partial charge in [-0.3, -0.25) is 0 Å². The number of aromatic nitrogens is 1. The minimum Gasteiger partial charge on any atom is -0.312 e. The lowest BCUT2D eigenvalue weighted by atomic mass is 10.2. The highest BCUT2D eigenvalue weighted by Gasteiger charge is 2.29. The molecule has 0 atom stereocenters. The summed E-state index contributed by atoms with van der Waals surface area (Å²) in [6.45, 7) is 4.13. The fourth-order valence-electron chi connectivity index (χ4n) is 2.35. The highest BCUT2D eigenvalue weighted by atomic mass is 35.5. The summed E-state index contributed by atoms with van der Waals surface area (Å²) in [5.74, 6) is 0.656. The largest absolute Gasteiger partial charge is 0.312 e. The molecule has 112 valence electrons. The fraction of sp³-hybridized carbons (Fsp3) is 0.438. The van der Waals surface area contributed by atoms with Gasteiger partial charge in [0, 0.05) is 32.9 Å². The summed E-state index contributed by atoms with van der Waals surface area (Å²) in [5.41, 5.74) is 2.29. The van der Waals surface area contributed by atoms with Gasteiger partial charge in [0.25, 0.3) is 0 Å². The third kappa shape index (κ3) is 3.78. The van der Waals surface area contributed by atoms with Gasteiger partial charge in [-0.15, -0.1) is 11.3 Å². The molecule has 2 nitrogen and oxygen atoms in total. The van der Waals surface area contributed by atoms with Crippen LogP contribution >= 0.6 is 34.5 Å². The van der Waals surface area contributed by atoms with Gasteiger partial charge in [-0.2, -0.15) is 0 Å². The van der Waals surface area contributed by atoms with E-state index >= 15 is 0 Å². The van der Waals surface area contributed by atoms with Crippen LogP contribution < -0.4 is 5.32 Å². The Morgan fingerprint density at radius 1 is 1.24 bits per heavy atom. The number of nitrogens with zero attached hydrogens (tertiary/aromatic N) is 1. The van der Waals surface area contributed by atoms with E-state index < -0.39 is 0 Å². The van der Waals surface area contributed by atoms with Crippen molar-refractivity contribution >= 4 is 34.5 Å². The molecule has 0 amide bonds. The second-order valence-corrected chi connectivity index (χ2v) is 7.39. The van der Waals surface area contributed by atoms with E-state index in [0.29, 0.717) is 16.0 Å². The van der Waals surface area contributed by atoms with Crippen molar-refractivity contribution < 1.29 is 0 Å². The molecule has 1 N–H and O–H groups in total. The molecule has 1 saturated carbocycles. The van der Waals surface area contributed by atoms with Gasteiger partial charge in [0.1, 0.15) is 5.01 Å². The number of halogens is 2. The van der Waals surface area contributed by atoms with Gasteiger partial charge in [-0.25, -0.2) is 4.98 Å². The third-order valence-corrected chi connectivity index (χ3v) is 5.07. The van der Waals surface area contributed by atoms with E-state index in [2.05, 4.69) is 12.2 Å². The fourth-order valence-corrected chi connectivity index (χ4v) is 3.98. The van der Waals surface area contributed by atoms with Crippen LogP contribution in [0.1, 0.15) is 42.7 Å². The number of rotatable bonds is 6. The van der Waals surface area contributed by atoms with Gasteiger partial charge < -0.3 is 5.32 Å². The summed E-state index contributed by atoms with van der Waals surface area (Å²) in [5, 5.41) is 5.82. The summed E-state index contributed by atoms with van der Waals surface area (Å²) < 4.78 is 0. The molecule has 3 rings (SSSR count). The van der Waals surface area contributed by atoms with E-state index in [9.17, 15) is 0 Å². The Morgan fingerprint density at radius 3 is 2.57 bits per heavy atom. The van der Waals surface area contributed by atoms with Gasteiger partial charge in [0.05, 0.1) is 5.69 Å². The maximum Gasteiger partial charge on any atom is 0.124 e. The van der Waals surface area contributed by atoms with Crippen molar-refractivity contribution in [2.24, 2.45) is 0 Å². The van der Waals surface area contributed by atoms with Crippen LogP contribution in [0.15, 0.2) is 18.2 Å². The Morgan fingerprint density at radius 2 is 1.95 bits per heavy atom. The molecule has 0 saturated heterocycles. The Hall–Kier alpha value is -0.610. The van der Waals surface area contributed by atoms with Crippen LogP contribution in [0, 0.1) is 0 Å². The molecule has 0 aliphatic heterocycles. The van der Waals surface area contributed by atoms with Gasteiger partial charge in [-0.1, -0.05) is 30.1 Å². The van der Waals surface area contributed by atoms with E-state index in [1.165, 1.54) is 23.4 Å². The van der Waals surface area contributed by atoms with Crippen molar-refractivity contribution in [3.8, 4) is 10.6 Å². The third-order valence-electron chi connectivity index (χ3n) is 3.51. The van der Waals surface area contributed by atoms with E-state index in [1.54, 1.807) is 17.4 Å². The van der Waals surface area contributed by atoms with Crippen LogP contribution in [0.5, 0.6) is 0 Å². The van der Waals surface area contributed by atoms with Gasteiger partial charge in [-0.05, 0) is 44.0 Å². The van der Waals surface area contributed by atoms with E-state index in [0.717, 1.165) is 30.1 Å². The Balaban J connectivity index is 1.90. The smallest absolute Gasteiger partial charge is 0.124 e. The molecule has 1 heterocycles. The topological polar surface area (TPSA) is 24.9 Å². The summed E-state index contributed by atoms with van der Waals surface area (Å²) in [6.07, 6.45) is 3.68. The van der Waals surface area contributed by atoms with Gasteiger partial charge >= 0.3 is 0 Å². The minimum absolute atomic E-state index is 0.656. The number of benzene rings is 1. The molecule has 0 spiro atoms. The van der Waals surface area contributed by atoms with Crippen LogP contribution in [0.3, 0.4) is 0 Å². The first-order chi connectivity index (χ1) is 10.2. The molecule has 2 aromatic rings. The lowest BCUT2D eigenvalue weighted by Gasteiger charge is -2.01. The molecule has 5 heteroatoms. The average molecular weight is 341 g/mol. The molecule has 1 aromatic heterocycles. The maximum absolute atomic E-state index is 6.10. The minimum atomic E-state index is 0.656. The highest BCUT2D eigenvalue weighted by molar-refractivity contribution is 7.15. The van der Waals surface area contributed by atoms with Crippen LogP contribution in [0.25, 0.3) is 10.6 Å². The quantitative estimate of drug-likeness (QED) is 0.702. The maximum atomic E-state index is 6.10. The predicted octanol–water partition coefficient (Wildman–Crippen LogP) is 5.49. The van der Waals surface area contributed by atoms with E-state index in [4.69, 9.17) is 28.2 Å². The predicted molar refractivity (Wildman–Crippen MR) is 91.5 cm³/mol. The van der Waals surface area contributed by atoms with E-state index in [-0.39, 0.29) is 0 Å². The molecule has 1 aromatic carbocycles. The zero-order valence-corrected chi connectivity index (χ0v) is 14.3. The van der Waals surface area contributed by atoms with Gasteiger partial charge in [0.2, 0.25) is 0 Å². The zero-order valence-electron chi connectivity index (χ0n) is 12.0. The number of hydrogen-bond acceptors (Lipinski definition) is 3. The van der Waals surface area contributed by atoms with Crippen molar-refractivity contribution in [2.75, 3.05) is 6.54 Å². The average Bonchev–Trinajstić information content (AvgIpc) is 3.19. The SMILES string of the molecule is CCCNCc1sc(-c2cc(Cl)cc(Cl)c2)nc1C1CC1. The number of thiazole rings is 1. The molecule has 1 fully saturated rings. The monoisotopic (exact) mass is 340 g/mol. The molecular weight excluding hydrogens is 323 g/mol.